The molecule has 0 aliphatic carbocycles. The number of ether oxygens (including phenoxy) is 3. The number of amides is 3. The third-order valence-electron chi connectivity index (χ3n) is 6.59. The number of aliphatic carboxylic acids is 1. The number of hydrogen-bond donors (Lipinski definition) is 5. The molecule has 0 saturated carbocycles. The Morgan fingerprint density at radius 1 is 0.800 bits per heavy atom. The lowest BCUT2D eigenvalue weighted by atomic mass is 10.1. The summed E-state index contributed by atoms with van der Waals surface area (Å²) in [6.07, 6.45) is 0.392. The van der Waals surface area contributed by atoms with Crippen LogP contribution in [0.3, 0.4) is 0 Å². The minimum absolute atomic E-state index is 0.0347. The molecule has 0 unspecified atom stereocenters. The Balaban J connectivity index is 0.00000106. The molecule has 0 saturated heterocycles. The fourth-order valence-electron chi connectivity index (χ4n) is 4.14. The third-order valence-corrected chi connectivity index (χ3v) is 6.59. The number of carboxylic acids is 1. The lowest BCUT2D eigenvalue weighted by Gasteiger charge is -2.23. The highest BCUT2D eigenvalue weighted by Gasteiger charge is 2.26. The molecular formula is C37H56N4O9. The second-order valence-corrected chi connectivity index (χ2v) is 13.5. The molecule has 50 heavy (non-hydrogen) atoms. The van der Waals surface area contributed by atoms with Crippen molar-refractivity contribution in [3.8, 4) is 0 Å². The van der Waals surface area contributed by atoms with E-state index in [1.165, 1.54) is 5.56 Å². The van der Waals surface area contributed by atoms with Crippen LogP contribution in [0.15, 0.2) is 54.6 Å². The number of para-hydroxylation sites is 1. The lowest BCUT2D eigenvalue weighted by molar-refractivity contribution is -0.155. The summed E-state index contributed by atoms with van der Waals surface area (Å²) in [5.41, 5.74) is 1.70. The van der Waals surface area contributed by atoms with Crippen molar-refractivity contribution in [2.75, 3.05) is 31.6 Å². The predicted molar refractivity (Wildman–Crippen MR) is 191 cm³/mol. The summed E-state index contributed by atoms with van der Waals surface area (Å²) < 4.78 is 16.0. The van der Waals surface area contributed by atoms with E-state index in [2.05, 4.69) is 33.4 Å². The Bertz CT molecular complexity index is 1350. The number of aryl methyl sites for hydroxylation is 1. The SMILES string of the molecule is CCOCc1ccccc1.Cc1ccccc1NCC(=O)N[C@@H](CCCC(=O)OC(C)(C)C)C(=O)NCC(=O)N[C@@H](COC(C)(C)C)C(=O)O. The molecule has 0 bridgehead atoms. The van der Waals surface area contributed by atoms with Crippen LogP contribution in [0.25, 0.3) is 0 Å². The first-order chi connectivity index (χ1) is 23.4. The second-order valence-electron chi connectivity index (χ2n) is 13.5. The number of rotatable bonds is 18. The predicted octanol–water partition coefficient (Wildman–Crippen LogP) is 4.13. The van der Waals surface area contributed by atoms with Crippen molar-refractivity contribution in [2.45, 2.75) is 105 Å². The van der Waals surface area contributed by atoms with Crippen LogP contribution in [-0.2, 0) is 44.8 Å². The summed E-state index contributed by atoms with van der Waals surface area (Å²) in [7, 11) is 0. The van der Waals surface area contributed by atoms with Gasteiger partial charge in [-0.15, -0.1) is 0 Å². The molecule has 5 N–H and O–H groups in total. The van der Waals surface area contributed by atoms with Crippen molar-refractivity contribution in [1.29, 1.82) is 0 Å². The largest absolute Gasteiger partial charge is 0.480 e. The molecule has 13 nitrogen and oxygen atoms in total. The van der Waals surface area contributed by atoms with Crippen molar-refractivity contribution < 1.29 is 43.3 Å². The summed E-state index contributed by atoms with van der Waals surface area (Å²) in [6.45, 7) is 15.0. The molecular weight excluding hydrogens is 644 g/mol. The molecule has 0 aromatic heterocycles. The molecule has 2 rings (SSSR count). The van der Waals surface area contributed by atoms with Gasteiger partial charge in [-0.3, -0.25) is 19.2 Å². The van der Waals surface area contributed by atoms with E-state index in [9.17, 15) is 29.1 Å². The monoisotopic (exact) mass is 700 g/mol. The number of nitrogens with one attached hydrogen (secondary N) is 4. The molecule has 0 spiro atoms. The van der Waals surface area contributed by atoms with Gasteiger partial charge in [0, 0.05) is 18.7 Å². The van der Waals surface area contributed by atoms with Crippen molar-refractivity contribution in [3.63, 3.8) is 0 Å². The number of esters is 1. The van der Waals surface area contributed by atoms with E-state index in [1.54, 1.807) is 41.5 Å². The van der Waals surface area contributed by atoms with Gasteiger partial charge in [-0.1, -0.05) is 48.5 Å². The Kier molecular flexibility index (Phi) is 19.4. The number of carbonyl (C=O) groups is 5. The first kappa shape index (κ1) is 43.5. The lowest BCUT2D eigenvalue weighted by Crippen LogP contribution is -2.52. The highest BCUT2D eigenvalue weighted by atomic mass is 16.6. The van der Waals surface area contributed by atoms with Crippen molar-refractivity contribution in [3.05, 3.63) is 65.7 Å². The number of benzene rings is 2. The molecule has 0 aliphatic rings. The maximum Gasteiger partial charge on any atom is 0.328 e. The molecule has 2 aromatic rings. The maximum atomic E-state index is 12.9. The van der Waals surface area contributed by atoms with Gasteiger partial charge in [0.15, 0.2) is 6.04 Å². The van der Waals surface area contributed by atoms with Gasteiger partial charge in [0.2, 0.25) is 17.7 Å². The van der Waals surface area contributed by atoms with Crippen LogP contribution < -0.4 is 21.3 Å². The average molecular weight is 701 g/mol. The Labute approximate surface area is 296 Å². The quantitative estimate of drug-likeness (QED) is 0.142. The van der Waals surface area contributed by atoms with E-state index in [-0.39, 0.29) is 32.4 Å². The van der Waals surface area contributed by atoms with E-state index < -0.39 is 59.5 Å². The molecule has 0 radical (unpaired) electrons. The highest BCUT2D eigenvalue weighted by molar-refractivity contribution is 5.92. The van der Waals surface area contributed by atoms with Gasteiger partial charge in [0.25, 0.3) is 0 Å². The number of anilines is 1. The number of hydrogen-bond acceptors (Lipinski definition) is 9. The third kappa shape index (κ3) is 20.8. The minimum atomic E-state index is -1.31. The van der Waals surface area contributed by atoms with Crippen LogP contribution in [0, 0.1) is 6.92 Å². The smallest absolute Gasteiger partial charge is 0.328 e. The normalized spacial score (nSPS) is 12.3. The molecule has 13 heteroatoms. The minimum Gasteiger partial charge on any atom is -0.480 e. The first-order valence-electron chi connectivity index (χ1n) is 16.8. The van der Waals surface area contributed by atoms with Gasteiger partial charge < -0.3 is 40.6 Å². The standard InChI is InChI=1S/C28H44N4O8.C9H12O/c1-18-11-8-9-12-19(18)29-15-22(33)31-20(13-10-14-24(35)40-28(5,6)7)25(36)30-16-23(34)32-21(26(37)38)17-39-27(2,3)4;1-2-10-8-9-6-4-3-5-7-9/h8-9,11-12,20-21,29H,10,13-17H2,1-7H3,(H,30,36)(H,31,33)(H,32,34)(H,37,38);3-7H,2,8H2,1H3/t20-,21-;/m0./s1. The van der Waals surface area contributed by atoms with E-state index >= 15 is 0 Å². The van der Waals surface area contributed by atoms with Gasteiger partial charge in [-0.2, -0.15) is 0 Å². The fraction of sp³-hybridized carbons (Fsp3) is 0.541. The maximum absolute atomic E-state index is 12.9. The number of carbonyl (C=O) groups excluding carboxylic acids is 4. The summed E-state index contributed by atoms with van der Waals surface area (Å²) in [6, 6.07) is 15.3. The van der Waals surface area contributed by atoms with E-state index in [0.717, 1.165) is 24.5 Å². The molecule has 0 fully saturated rings. The van der Waals surface area contributed by atoms with Crippen molar-refractivity contribution in [2.24, 2.45) is 0 Å². The molecule has 0 heterocycles. The molecule has 278 valence electrons. The van der Waals surface area contributed by atoms with Crippen LogP contribution >= 0.6 is 0 Å². The Morgan fingerprint density at radius 3 is 1.98 bits per heavy atom. The second kappa shape index (κ2) is 22.3. The van der Waals surface area contributed by atoms with Crippen molar-refractivity contribution in [1.82, 2.24) is 16.0 Å². The van der Waals surface area contributed by atoms with E-state index in [4.69, 9.17) is 14.2 Å². The zero-order valence-electron chi connectivity index (χ0n) is 30.7. The molecule has 2 aromatic carbocycles. The van der Waals surface area contributed by atoms with Gasteiger partial charge >= 0.3 is 11.9 Å². The zero-order valence-corrected chi connectivity index (χ0v) is 30.7. The van der Waals surface area contributed by atoms with Gasteiger partial charge in [0.05, 0.1) is 31.9 Å². The summed E-state index contributed by atoms with van der Waals surface area (Å²) in [5, 5.41) is 19.8. The average Bonchev–Trinajstić information content (AvgIpc) is 3.03. The van der Waals surface area contributed by atoms with Crippen LogP contribution in [0.4, 0.5) is 5.69 Å². The van der Waals surface area contributed by atoms with Gasteiger partial charge in [-0.05, 0) is 85.4 Å². The molecule has 3 amide bonds. The van der Waals surface area contributed by atoms with Crippen LogP contribution in [0.2, 0.25) is 0 Å². The van der Waals surface area contributed by atoms with Crippen LogP contribution in [0.1, 0.15) is 78.9 Å². The Morgan fingerprint density at radius 2 is 1.40 bits per heavy atom. The van der Waals surface area contributed by atoms with E-state index in [0.29, 0.717) is 0 Å². The highest BCUT2D eigenvalue weighted by Crippen LogP contribution is 2.13. The summed E-state index contributed by atoms with van der Waals surface area (Å²) in [5.74, 6) is -3.57. The van der Waals surface area contributed by atoms with Crippen LogP contribution in [-0.4, -0.2) is 84.4 Å². The first-order valence-corrected chi connectivity index (χ1v) is 16.8. The van der Waals surface area contributed by atoms with Crippen molar-refractivity contribution >= 4 is 35.3 Å². The number of carboxylic acid groups (broad SMARTS) is 1. The summed E-state index contributed by atoms with van der Waals surface area (Å²) in [4.78, 5) is 61.5. The van der Waals surface area contributed by atoms with Crippen LogP contribution in [0.5, 0.6) is 0 Å². The fourth-order valence-corrected chi connectivity index (χ4v) is 4.14. The molecule has 2 atom stereocenters. The zero-order chi connectivity index (χ0) is 37.7. The summed E-state index contributed by atoms with van der Waals surface area (Å²) >= 11 is 0. The molecule has 0 aliphatic heterocycles. The van der Waals surface area contributed by atoms with Gasteiger partial charge in [-0.25, -0.2) is 4.79 Å². The Hall–Kier alpha value is -4.49. The topological polar surface area (TPSA) is 181 Å². The van der Waals surface area contributed by atoms with E-state index in [1.807, 2.05) is 56.3 Å². The van der Waals surface area contributed by atoms with Gasteiger partial charge in [0.1, 0.15) is 11.6 Å².